The molecule has 2 saturated heterocycles. The zero-order valence-corrected chi connectivity index (χ0v) is 11.7. The second-order valence-electron chi connectivity index (χ2n) is 5.79. The smallest absolute Gasteiger partial charge is 0.107 e. The molecule has 0 saturated carbocycles. The van der Waals surface area contributed by atoms with Crippen molar-refractivity contribution in [2.45, 2.75) is 38.0 Å². The summed E-state index contributed by atoms with van der Waals surface area (Å²) in [5.74, 6) is 0. The maximum atomic E-state index is 6.29. The summed E-state index contributed by atoms with van der Waals surface area (Å²) in [6.07, 6.45) is 2.46. The predicted molar refractivity (Wildman–Crippen MR) is 75.1 cm³/mol. The van der Waals surface area contributed by atoms with Gasteiger partial charge in [-0.1, -0.05) is 37.3 Å². The largest absolute Gasteiger partial charge is 0.378 e. The van der Waals surface area contributed by atoms with Crippen molar-refractivity contribution >= 4 is 0 Å². The van der Waals surface area contributed by atoms with E-state index in [4.69, 9.17) is 9.47 Å². The van der Waals surface area contributed by atoms with Gasteiger partial charge in [-0.3, -0.25) is 4.90 Å². The Morgan fingerprint density at radius 3 is 2.84 bits per heavy atom. The van der Waals surface area contributed by atoms with Gasteiger partial charge in [-0.05, 0) is 12.0 Å². The minimum Gasteiger partial charge on any atom is -0.378 e. The Labute approximate surface area is 115 Å². The molecule has 0 aromatic heterocycles. The summed E-state index contributed by atoms with van der Waals surface area (Å²) in [6, 6.07) is 10.7. The van der Waals surface area contributed by atoms with Crippen LogP contribution in [0.5, 0.6) is 0 Å². The van der Waals surface area contributed by atoms with E-state index in [-0.39, 0.29) is 5.60 Å². The third-order valence-corrected chi connectivity index (χ3v) is 4.16. The molecule has 0 aliphatic carbocycles. The second-order valence-corrected chi connectivity index (χ2v) is 5.79. The summed E-state index contributed by atoms with van der Waals surface area (Å²) in [5.41, 5.74) is 1.33. The monoisotopic (exact) mass is 261 g/mol. The van der Waals surface area contributed by atoms with Gasteiger partial charge in [0.15, 0.2) is 0 Å². The van der Waals surface area contributed by atoms with Gasteiger partial charge in [-0.2, -0.15) is 0 Å². The molecule has 2 heterocycles. The molecular weight excluding hydrogens is 238 g/mol. The Morgan fingerprint density at radius 2 is 2.16 bits per heavy atom. The van der Waals surface area contributed by atoms with Gasteiger partial charge in [0.1, 0.15) is 5.60 Å². The van der Waals surface area contributed by atoms with E-state index in [2.05, 4.69) is 42.2 Å². The van der Waals surface area contributed by atoms with Crippen LogP contribution >= 0.6 is 0 Å². The average Bonchev–Trinajstić information content (AvgIpc) is 2.87. The summed E-state index contributed by atoms with van der Waals surface area (Å²) in [7, 11) is 0. The minimum atomic E-state index is -0.0479. The predicted octanol–water partition coefficient (Wildman–Crippen LogP) is 2.46. The molecule has 0 unspecified atom stereocenters. The van der Waals surface area contributed by atoms with Crippen LogP contribution in [0.3, 0.4) is 0 Å². The minimum absolute atomic E-state index is 0.0479. The highest BCUT2D eigenvalue weighted by atomic mass is 16.6. The number of hydrogen-bond donors (Lipinski definition) is 0. The fourth-order valence-electron chi connectivity index (χ4n) is 3.17. The van der Waals surface area contributed by atoms with Crippen molar-refractivity contribution in [3.8, 4) is 0 Å². The number of hydrogen-bond acceptors (Lipinski definition) is 3. The van der Waals surface area contributed by atoms with Gasteiger partial charge in [0.05, 0.1) is 12.7 Å². The molecule has 2 aliphatic heterocycles. The average molecular weight is 261 g/mol. The molecule has 3 heteroatoms. The summed E-state index contributed by atoms with van der Waals surface area (Å²) >= 11 is 0. The molecule has 2 aliphatic rings. The Bertz CT molecular complexity index is 400. The Kier molecular flexibility index (Phi) is 3.87. The highest BCUT2D eigenvalue weighted by Gasteiger charge is 2.43. The molecule has 3 rings (SSSR count). The summed E-state index contributed by atoms with van der Waals surface area (Å²) < 4.78 is 11.9. The van der Waals surface area contributed by atoms with Crippen LogP contribution in [-0.4, -0.2) is 42.9 Å². The van der Waals surface area contributed by atoms with Crippen LogP contribution in [0, 0.1) is 0 Å². The first-order chi connectivity index (χ1) is 9.30. The zero-order chi connectivity index (χ0) is 13.1. The first-order valence-corrected chi connectivity index (χ1v) is 7.31. The van der Waals surface area contributed by atoms with Gasteiger partial charge in [-0.25, -0.2) is 0 Å². The van der Waals surface area contributed by atoms with Crippen LogP contribution in [0.1, 0.15) is 25.3 Å². The number of rotatable bonds is 3. The van der Waals surface area contributed by atoms with E-state index in [9.17, 15) is 0 Å². The van der Waals surface area contributed by atoms with Gasteiger partial charge in [0.2, 0.25) is 0 Å². The zero-order valence-electron chi connectivity index (χ0n) is 11.7. The van der Waals surface area contributed by atoms with Gasteiger partial charge < -0.3 is 9.47 Å². The lowest BCUT2D eigenvalue weighted by Crippen LogP contribution is -2.55. The highest BCUT2D eigenvalue weighted by Crippen LogP contribution is 2.31. The molecule has 0 bridgehead atoms. The van der Waals surface area contributed by atoms with Crippen molar-refractivity contribution in [1.82, 2.24) is 4.90 Å². The molecule has 0 amide bonds. The third-order valence-electron chi connectivity index (χ3n) is 4.16. The van der Waals surface area contributed by atoms with Gasteiger partial charge >= 0.3 is 0 Å². The van der Waals surface area contributed by atoms with E-state index in [1.165, 1.54) is 5.56 Å². The molecule has 0 radical (unpaired) electrons. The molecule has 2 fully saturated rings. The quantitative estimate of drug-likeness (QED) is 0.834. The summed E-state index contributed by atoms with van der Waals surface area (Å²) in [4.78, 5) is 2.53. The fraction of sp³-hybridized carbons (Fsp3) is 0.625. The molecular formula is C16H23NO2. The van der Waals surface area contributed by atoms with E-state index < -0.39 is 0 Å². The normalized spacial score (nSPS) is 31.9. The van der Waals surface area contributed by atoms with Gasteiger partial charge in [0, 0.05) is 32.7 Å². The Balaban J connectivity index is 1.70. The molecule has 0 N–H and O–H groups in total. The van der Waals surface area contributed by atoms with E-state index in [1.54, 1.807) is 0 Å². The third kappa shape index (κ3) is 2.99. The Morgan fingerprint density at radius 1 is 1.32 bits per heavy atom. The summed E-state index contributed by atoms with van der Waals surface area (Å²) in [6.45, 7) is 6.86. The summed E-state index contributed by atoms with van der Waals surface area (Å²) in [5, 5.41) is 0. The molecule has 19 heavy (non-hydrogen) atoms. The van der Waals surface area contributed by atoms with Crippen LogP contribution in [-0.2, 0) is 16.0 Å². The fourth-order valence-corrected chi connectivity index (χ4v) is 3.17. The van der Waals surface area contributed by atoms with Crippen molar-refractivity contribution in [2.75, 3.05) is 26.3 Å². The lowest BCUT2D eigenvalue weighted by molar-refractivity contribution is -0.156. The second kappa shape index (κ2) is 5.61. The first-order valence-electron chi connectivity index (χ1n) is 7.31. The lowest BCUT2D eigenvalue weighted by atomic mass is 9.98. The molecule has 3 nitrogen and oxygen atoms in total. The van der Waals surface area contributed by atoms with Crippen molar-refractivity contribution in [2.24, 2.45) is 0 Å². The van der Waals surface area contributed by atoms with Crippen LogP contribution in [0.2, 0.25) is 0 Å². The first kappa shape index (κ1) is 13.1. The van der Waals surface area contributed by atoms with Crippen LogP contribution in [0.25, 0.3) is 0 Å². The number of benzene rings is 1. The molecule has 2 atom stereocenters. The van der Waals surface area contributed by atoms with Crippen molar-refractivity contribution < 1.29 is 9.47 Å². The molecule has 1 aromatic carbocycles. The maximum absolute atomic E-state index is 6.29. The van der Waals surface area contributed by atoms with E-state index in [1.807, 2.05) is 0 Å². The number of nitrogens with zero attached hydrogens (tertiary/aromatic N) is 1. The number of morpholine rings is 1. The van der Waals surface area contributed by atoms with Gasteiger partial charge in [0.25, 0.3) is 0 Å². The Hall–Kier alpha value is -0.900. The number of ether oxygens (including phenoxy) is 2. The SMILES string of the molecule is CC[C@@H]1CN(Cc2ccccc2)C[C@]2(CCOC2)O1. The van der Waals surface area contributed by atoms with Crippen LogP contribution in [0.4, 0.5) is 0 Å². The highest BCUT2D eigenvalue weighted by molar-refractivity contribution is 5.14. The molecule has 104 valence electrons. The van der Waals surface area contributed by atoms with E-state index >= 15 is 0 Å². The maximum Gasteiger partial charge on any atom is 0.107 e. The van der Waals surface area contributed by atoms with Crippen LogP contribution < -0.4 is 0 Å². The van der Waals surface area contributed by atoms with E-state index in [0.29, 0.717) is 6.10 Å². The van der Waals surface area contributed by atoms with Gasteiger partial charge in [-0.15, -0.1) is 0 Å². The van der Waals surface area contributed by atoms with Crippen molar-refractivity contribution in [3.63, 3.8) is 0 Å². The topological polar surface area (TPSA) is 21.7 Å². The van der Waals surface area contributed by atoms with Crippen LogP contribution in [0.15, 0.2) is 30.3 Å². The van der Waals surface area contributed by atoms with Crippen molar-refractivity contribution in [1.29, 1.82) is 0 Å². The molecule has 1 aromatic rings. The van der Waals surface area contributed by atoms with Crippen molar-refractivity contribution in [3.05, 3.63) is 35.9 Å². The standard InChI is InChI=1S/C16H23NO2/c1-2-15-11-17(10-14-6-4-3-5-7-14)12-16(19-15)8-9-18-13-16/h3-7,15H,2,8-13H2,1H3/t15-,16+/m1/s1. The lowest BCUT2D eigenvalue weighted by Gasteiger charge is -2.43. The van der Waals surface area contributed by atoms with E-state index in [0.717, 1.165) is 45.7 Å². The molecule has 1 spiro atoms.